The average Bonchev–Trinajstić information content (AvgIpc) is 2.59. The third-order valence-electron chi connectivity index (χ3n) is 2.00. The molecule has 0 aliphatic carbocycles. The topological polar surface area (TPSA) is 17.1 Å². The van der Waals surface area contributed by atoms with Crippen LogP contribution in [0, 0.1) is 0 Å². The van der Waals surface area contributed by atoms with E-state index in [4.69, 9.17) is 0 Å². The Hall–Kier alpha value is -1.36. The van der Waals surface area contributed by atoms with Gasteiger partial charge in [-0.1, -0.05) is 12.1 Å². The number of thiophene rings is 1. The molecule has 1 aromatic heterocycles. The number of carbonyl (C=O) groups excluding carboxylic acids is 1. The summed E-state index contributed by atoms with van der Waals surface area (Å²) >= 11 is 0.650. The van der Waals surface area contributed by atoms with Crippen LogP contribution < -0.4 is 0 Å². The molecule has 1 aromatic carbocycles. The lowest BCUT2D eigenvalue weighted by Crippen LogP contribution is -2.00. The van der Waals surface area contributed by atoms with Gasteiger partial charge in [0.15, 0.2) is 6.29 Å². The zero-order valence-electron chi connectivity index (χ0n) is 7.34. The molecule has 0 N–H and O–H groups in total. The summed E-state index contributed by atoms with van der Waals surface area (Å²) in [6.07, 6.45) is -3.78. The standard InChI is InChI=1S/C10H5F3OS/c11-10(12,13)9-4-7-6(5-14)2-1-3-8(7)15-9/h1-5H. The van der Waals surface area contributed by atoms with Crippen molar-refractivity contribution < 1.29 is 18.0 Å². The quantitative estimate of drug-likeness (QED) is 0.682. The minimum atomic E-state index is -4.34. The second-order valence-corrected chi connectivity index (χ2v) is 4.07. The number of hydrogen-bond acceptors (Lipinski definition) is 2. The lowest BCUT2D eigenvalue weighted by molar-refractivity contribution is -0.134. The van der Waals surface area contributed by atoms with E-state index in [1.165, 1.54) is 6.07 Å². The van der Waals surface area contributed by atoms with Gasteiger partial charge in [0.1, 0.15) is 4.88 Å². The molecule has 2 rings (SSSR count). The molecule has 5 heteroatoms. The number of hydrogen-bond donors (Lipinski definition) is 0. The van der Waals surface area contributed by atoms with Crippen LogP contribution in [0.5, 0.6) is 0 Å². The SMILES string of the molecule is O=Cc1cccc2sc(C(F)(F)F)cc12. The summed E-state index contributed by atoms with van der Waals surface area (Å²) in [6.45, 7) is 0. The van der Waals surface area contributed by atoms with Gasteiger partial charge in [0.25, 0.3) is 0 Å². The highest BCUT2D eigenvalue weighted by Gasteiger charge is 2.32. The Morgan fingerprint density at radius 2 is 2.00 bits per heavy atom. The van der Waals surface area contributed by atoms with Gasteiger partial charge in [0, 0.05) is 15.6 Å². The third-order valence-corrected chi connectivity index (χ3v) is 3.15. The monoisotopic (exact) mass is 230 g/mol. The van der Waals surface area contributed by atoms with Gasteiger partial charge in [-0.15, -0.1) is 11.3 Å². The number of carbonyl (C=O) groups is 1. The summed E-state index contributed by atoms with van der Waals surface area (Å²) in [4.78, 5) is 9.93. The van der Waals surface area contributed by atoms with Crippen molar-refractivity contribution in [2.24, 2.45) is 0 Å². The molecule has 0 aliphatic heterocycles. The Bertz CT molecular complexity index is 513. The summed E-state index contributed by atoms with van der Waals surface area (Å²) in [5.74, 6) is 0. The lowest BCUT2D eigenvalue weighted by Gasteiger charge is -1.99. The molecule has 0 unspecified atom stereocenters. The van der Waals surface area contributed by atoms with Crippen LogP contribution in [-0.2, 0) is 6.18 Å². The molecule has 0 saturated carbocycles. The van der Waals surface area contributed by atoms with Crippen molar-refractivity contribution in [2.75, 3.05) is 0 Å². The van der Waals surface area contributed by atoms with Crippen molar-refractivity contribution in [3.05, 3.63) is 34.7 Å². The molecule has 1 heterocycles. The highest BCUT2D eigenvalue weighted by Crippen LogP contribution is 2.38. The van der Waals surface area contributed by atoms with Crippen LogP contribution >= 0.6 is 11.3 Å². The molecule has 1 nitrogen and oxygen atoms in total. The smallest absolute Gasteiger partial charge is 0.298 e. The molecule has 2 aromatic rings. The molecular formula is C10H5F3OS. The first-order valence-corrected chi connectivity index (χ1v) is 4.89. The van der Waals surface area contributed by atoms with Crippen LogP contribution in [0.15, 0.2) is 24.3 Å². The summed E-state index contributed by atoms with van der Waals surface area (Å²) in [7, 11) is 0. The van der Waals surface area contributed by atoms with Crippen molar-refractivity contribution in [3.8, 4) is 0 Å². The second kappa shape index (κ2) is 3.34. The predicted molar refractivity (Wildman–Crippen MR) is 52.2 cm³/mol. The van der Waals surface area contributed by atoms with E-state index in [-0.39, 0.29) is 0 Å². The Labute approximate surface area is 87.1 Å². The normalized spacial score (nSPS) is 11.9. The maximum Gasteiger partial charge on any atom is 0.425 e. The van der Waals surface area contributed by atoms with E-state index in [0.29, 0.717) is 33.3 Å². The molecule has 0 atom stereocenters. The van der Waals surface area contributed by atoms with Crippen LogP contribution in [0.1, 0.15) is 15.2 Å². The number of aldehydes is 1. The van der Waals surface area contributed by atoms with Gasteiger partial charge < -0.3 is 0 Å². The van der Waals surface area contributed by atoms with Crippen LogP contribution in [0.3, 0.4) is 0 Å². The van der Waals surface area contributed by atoms with Crippen molar-refractivity contribution in [1.29, 1.82) is 0 Å². The van der Waals surface area contributed by atoms with Gasteiger partial charge in [-0.3, -0.25) is 4.79 Å². The van der Waals surface area contributed by atoms with E-state index < -0.39 is 11.1 Å². The van der Waals surface area contributed by atoms with Gasteiger partial charge >= 0.3 is 6.18 Å². The fraction of sp³-hybridized carbons (Fsp3) is 0.100. The van der Waals surface area contributed by atoms with Crippen molar-refractivity contribution in [1.82, 2.24) is 0 Å². The van der Waals surface area contributed by atoms with E-state index in [1.807, 2.05) is 0 Å². The van der Waals surface area contributed by atoms with E-state index >= 15 is 0 Å². The largest absolute Gasteiger partial charge is 0.425 e. The Morgan fingerprint density at radius 1 is 1.27 bits per heavy atom. The van der Waals surface area contributed by atoms with E-state index in [1.54, 1.807) is 12.1 Å². The summed E-state index contributed by atoms with van der Waals surface area (Å²) in [5, 5.41) is 0.366. The minimum absolute atomic E-state index is 0.291. The maximum atomic E-state index is 12.4. The van der Waals surface area contributed by atoms with Crippen molar-refractivity contribution in [3.63, 3.8) is 0 Å². The molecule has 0 fully saturated rings. The van der Waals surface area contributed by atoms with E-state index in [9.17, 15) is 18.0 Å². The summed E-state index contributed by atoms with van der Waals surface area (Å²) in [6, 6.07) is 5.66. The molecule has 0 saturated heterocycles. The maximum absolute atomic E-state index is 12.4. The second-order valence-electron chi connectivity index (χ2n) is 2.99. The summed E-state index contributed by atoms with van der Waals surface area (Å²) < 4.78 is 37.6. The Balaban J connectivity index is 2.70. The number of benzene rings is 1. The van der Waals surface area contributed by atoms with Gasteiger partial charge in [0.05, 0.1) is 0 Å². The van der Waals surface area contributed by atoms with Crippen LogP contribution in [-0.4, -0.2) is 6.29 Å². The first-order valence-electron chi connectivity index (χ1n) is 4.07. The van der Waals surface area contributed by atoms with Gasteiger partial charge in [-0.25, -0.2) is 0 Å². The molecule has 0 aliphatic rings. The average molecular weight is 230 g/mol. The van der Waals surface area contributed by atoms with Gasteiger partial charge in [-0.05, 0) is 12.1 Å². The molecule has 0 amide bonds. The van der Waals surface area contributed by atoms with Gasteiger partial charge in [-0.2, -0.15) is 13.2 Å². The molecule has 15 heavy (non-hydrogen) atoms. The van der Waals surface area contributed by atoms with Crippen molar-refractivity contribution >= 4 is 27.7 Å². The predicted octanol–water partition coefficient (Wildman–Crippen LogP) is 3.73. The number of rotatable bonds is 1. The highest BCUT2D eigenvalue weighted by molar-refractivity contribution is 7.19. The zero-order valence-corrected chi connectivity index (χ0v) is 8.15. The van der Waals surface area contributed by atoms with Crippen LogP contribution in [0.25, 0.3) is 10.1 Å². The van der Waals surface area contributed by atoms with E-state index in [0.717, 1.165) is 6.07 Å². The Kier molecular flexibility index (Phi) is 2.26. The lowest BCUT2D eigenvalue weighted by atomic mass is 10.1. The molecular weight excluding hydrogens is 225 g/mol. The molecule has 0 bridgehead atoms. The molecule has 0 radical (unpaired) electrons. The number of alkyl halides is 3. The fourth-order valence-electron chi connectivity index (χ4n) is 1.33. The van der Waals surface area contributed by atoms with Crippen LogP contribution in [0.4, 0.5) is 13.2 Å². The van der Waals surface area contributed by atoms with Gasteiger partial charge in [0.2, 0.25) is 0 Å². The summed E-state index contributed by atoms with van der Waals surface area (Å²) in [5.41, 5.74) is 0.291. The Morgan fingerprint density at radius 3 is 2.60 bits per heavy atom. The highest BCUT2D eigenvalue weighted by atomic mass is 32.1. The first kappa shape index (κ1) is 10.2. The zero-order chi connectivity index (χ0) is 11.1. The minimum Gasteiger partial charge on any atom is -0.298 e. The molecule has 78 valence electrons. The van der Waals surface area contributed by atoms with E-state index in [2.05, 4.69) is 0 Å². The first-order chi connectivity index (χ1) is 7.02. The number of halogens is 3. The number of fused-ring (bicyclic) bond motifs is 1. The van der Waals surface area contributed by atoms with Crippen LogP contribution in [0.2, 0.25) is 0 Å². The van der Waals surface area contributed by atoms with Crippen molar-refractivity contribution in [2.45, 2.75) is 6.18 Å². The molecule has 0 spiro atoms. The third kappa shape index (κ3) is 1.74. The fourth-order valence-corrected chi connectivity index (χ4v) is 2.29.